The second-order valence-electron chi connectivity index (χ2n) is 5.05. The Morgan fingerprint density at radius 3 is 2.76 bits per heavy atom. The summed E-state index contributed by atoms with van der Waals surface area (Å²) in [7, 11) is 0. The zero-order valence-electron chi connectivity index (χ0n) is 13.3. The molecule has 1 N–H and O–H groups in total. The van der Waals surface area contributed by atoms with Crippen LogP contribution in [0.25, 0.3) is 11.3 Å². The van der Waals surface area contributed by atoms with E-state index in [9.17, 15) is 13.6 Å². The Balaban J connectivity index is 1.79. The first kappa shape index (κ1) is 17.6. The topological polar surface area (TPSA) is 42.0 Å². The van der Waals surface area contributed by atoms with E-state index in [-0.39, 0.29) is 5.91 Å². The molecule has 7 heteroatoms. The number of nitrogens with zero attached hydrogens (tertiary/aromatic N) is 1. The van der Waals surface area contributed by atoms with Crippen LogP contribution < -0.4 is 5.32 Å². The summed E-state index contributed by atoms with van der Waals surface area (Å²) in [4.78, 5) is 17.7. The van der Waals surface area contributed by atoms with Crippen LogP contribution in [0.2, 0.25) is 0 Å². The van der Waals surface area contributed by atoms with E-state index in [0.29, 0.717) is 22.0 Å². The second kappa shape index (κ2) is 7.76. The van der Waals surface area contributed by atoms with Crippen LogP contribution >= 0.6 is 23.1 Å². The summed E-state index contributed by atoms with van der Waals surface area (Å²) in [6.07, 6.45) is 0. The molecule has 3 nitrogen and oxygen atoms in total. The molecule has 0 aliphatic heterocycles. The standard InChI is InChI=1S/C18H14F2N2OS2/c1-2-24-16-6-4-3-5-12(16)17(23)22-18-21-15(10-25-18)11-7-8-13(19)14(20)9-11/h3-10H,2H2,1H3,(H,21,22,23). The van der Waals surface area contributed by atoms with Crippen molar-refractivity contribution in [1.29, 1.82) is 0 Å². The van der Waals surface area contributed by atoms with Gasteiger partial charge in [-0.05, 0) is 36.1 Å². The quantitative estimate of drug-likeness (QED) is 0.602. The number of carbonyl (C=O) groups excluding carboxylic acids is 1. The highest BCUT2D eigenvalue weighted by molar-refractivity contribution is 7.99. The molecule has 0 spiro atoms. The first-order chi connectivity index (χ1) is 12.1. The Bertz CT molecular complexity index is 912. The highest BCUT2D eigenvalue weighted by Crippen LogP contribution is 2.28. The average molecular weight is 376 g/mol. The summed E-state index contributed by atoms with van der Waals surface area (Å²) in [6, 6.07) is 11.0. The number of benzene rings is 2. The number of nitrogens with one attached hydrogen (secondary N) is 1. The van der Waals surface area contributed by atoms with Gasteiger partial charge in [0.1, 0.15) is 0 Å². The number of anilines is 1. The number of hydrogen-bond acceptors (Lipinski definition) is 4. The van der Waals surface area contributed by atoms with Crippen LogP contribution in [0.3, 0.4) is 0 Å². The number of hydrogen-bond donors (Lipinski definition) is 1. The highest BCUT2D eigenvalue weighted by Gasteiger charge is 2.14. The van der Waals surface area contributed by atoms with Crippen molar-refractivity contribution < 1.29 is 13.6 Å². The van der Waals surface area contributed by atoms with Gasteiger partial charge >= 0.3 is 0 Å². The summed E-state index contributed by atoms with van der Waals surface area (Å²) in [5.41, 5.74) is 1.52. The van der Waals surface area contributed by atoms with Crippen LogP contribution in [-0.4, -0.2) is 16.6 Å². The van der Waals surface area contributed by atoms with Gasteiger partial charge in [-0.2, -0.15) is 0 Å². The predicted molar refractivity (Wildman–Crippen MR) is 98.3 cm³/mol. The van der Waals surface area contributed by atoms with Gasteiger partial charge in [-0.3, -0.25) is 10.1 Å². The number of thiazole rings is 1. The molecule has 1 heterocycles. The molecule has 0 bridgehead atoms. The highest BCUT2D eigenvalue weighted by atomic mass is 32.2. The lowest BCUT2D eigenvalue weighted by Gasteiger charge is -2.07. The van der Waals surface area contributed by atoms with Crippen molar-refractivity contribution in [3.8, 4) is 11.3 Å². The maximum Gasteiger partial charge on any atom is 0.258 e. The van der Waals surface area contributed by atoms with E-state index in [0.717, 1.165) is 22.8 Å². The number of amides is 1. The molecule has 0 aliphatic rings. The van der Waals surface area contributed by atoms with Crippen LogP contribution in [0.5, 0.6) is 0 Å². The van der Waals surface area contributed by atoms with Crippen molar-refractivity contribution in [2.45, 2.75) is 11.8 Å². The molecule has 3 aromatic rings. The van der Waals surface area contributed by atoms with E-state index < -0.39 is 11.6 Å². The Morgan fingerprint density at radius 2 is 2.00 bits per heavy atom. The fourth-order valence-corrected chi connectivity index (χ4v) is 3.74. The normalized spacial score (nSPS) is 10.7. The van der Waals surface area contributed by atoms with Crippen molar-refractivity contribution in [3.05, 3.63) is 65.0 Å². The molecular formula is C18H14F2N2OS2. The van der Waals surface area contributed by atoms with E-state index in [2.05, 4.69) is 10.3 Å². The Kier molecular flexibility index (Phi) is 5.45. The number of thioether (sulfide) groups is 1. The number of rotatable bonds is 5. The number of halogens is 2. The lowest BCUT2D eigenvalue weighted by molar-refractivity contribution is 0.102. The third-order valence-corrected chi connectivity index (χ3v) is 5.08. The molecule has 3 rings (SSSR count). The largest absolute Gasteiger partial charge is 0.298 e. The monoisotopic (exact) mass is 376 g/mol. The smallest absolute Gasteiger partial charge is 0.258 e. The second-order valence-corrected chi connectivity index (χ2v) is 7.21. The molecule has 1 amide bonds. The predicted octanol–water partition coefficient (Wildman–Crippen LogP) is 5.45. The Morgan fingerprint density at radius 1 is 1.20 bits per heavy atom. The molecule has 0 saturated heterocycles. The molecule has 0 aliphatic carbocycles. The molecule has 0 unspecified atom stereocenters. The van der Waals surface area contributed by atoms with Gasteiger partial charge in [-0.1, -0.05) is 19.1 Å². The molecule has 0 radical (unpaired) electrons. The molecule has 2 aromatic carbocycles. The van der Waals surface area contributed by atoms with E-state index in [4.69, 9.17) is 0 Å². The summed E-state index contributed by atoms with van der Waals surface area (Å²) >= 11 is 2.82. The molecule has 25 heavy (non-hydrogen) atoms. The van der Waals surface area contributed by atoms with Crippen molar-refractivity contribution in [3.63, 3.8) is 0 Å². The fourth-order valence-electron chi connectivity index (χ4n) is 2.22. The van der Waals surface area contributed by atoms with Crippen molar-refractivity contribution in [1.82, 2.24) is 4.98 Å². The van der Waals surface area contributed by atoms with Crippen LogP contribution in [0.1, 0.15) is 17.3 Å². The minimum absolute atomic E-state index is 0.247. The lowest BCUT2D eigenvalue weighted by atomic mass is 10.2. The molecule has 128 valence electrons. The van der Waals surface area contributed by atoms with Crippen LogP contribution in [0.15, 0.2) is 52.7 Å². The molecular weight excluding hydrogens is 362 g/mol. The van der Waals surface area contributed by atoms with Crippen LogP contribution in [-0.2, 0) is 0 Å². The van der Waals surface area contributed by atoms with Crippen molar-refractivity contribution >= 4 is 34.1 Å². The molecule has 0 fully saturated rings. The van der Waals surface area contributed by atoms with Crippen molar-refractivity contribution in [2.24, 2.45) is 0 Å². The zero-order chi connectivity index (χ0) is 17.8. The maximum atomic E-state index is 13.3. The Labute approximate surface area is 152 Å². The average Bonchev–Trinajstić information content (AvgIpc) is 3.06. The summed E-state index contributed by atoms with van der Waals surface area (Å²) in [6.45, 7) is 2.02. The molecule has 1 aromatic heterocycles. The third-order valence-electron chi connectivity index (χ3n) is 3.37. The number of aromatic nitrogens is 1. The first-order valence-corrected chi connectivity index (χ1v) is 9.39. The summed E-state index contributed by atoms with van der Waals surface area (Å²) < 4.78 is 26.4. The third kappa shape index (κ3) is 4.05. The summed E-state index contributed by atoms with van der Waals surface area (Å²) in [5, 5.41) is 4.85. The van der Waals surface area contributed by atoms with Crippen molar-refractivity contribution in [2.75, 3.05) is 11.1 Å². The minimum Gasteiger partial charge on any atom is -0.298 e. The van der Waals surface area contributed by atoms with Gasteiger partial charge in [-0.15, -0.1) is 23.1 Å². The molecule has 0 atom stereocenters. The van der Waals surface area contributed by atoms with Gasteiger partial charge in [-0.25, -0.2) is 13.8 Å². The van der Waals surface area contributed by atoms with Gasteiger partial charge in [0.15, 0.2) is 16.8 Å². The molecule has 0 saturated carbocycles. The van der Waals surface area contributed by atoms with Gasteiger partial charge in [0.05, 0.1) is 11.3 Å². The van der Waals surface area contributed by atoms with Crippen LogP contribution in [0.4, 0.5) is 13.9 Å². The fraction of sp³-hybridized carbons (Fsp3) is 0.111. The number of carbonyl (C=O) groups is 1. The van der Waals surface area contributed by atoms with E-state index in [1.807, 2.05) is 25.1 Å². The lowest BCUT2D eigenvalue weighted by Crippen LogP contribution is -2.12. The van der Waals surface area contributed by atoms with E-state index in [1.54, 1.807) is 23.2 Å². The maximum absolute atomic E-state index is 13.3. The van der Waals surface area contributed by atoms with Gasteiger partial charge in [0, 0.05) is 15.8 Å². The van der Waals surface area contributed by atoms with E-state index in [1.165, 1.54) is 17.4 Å². The SMILES string of the molecule is CCSc1ccccc1C(=O)Nc1nc(-c2ccc(F)c(F)c2)cs1. The van der Waals surface area contributed by atoms with Gasteiger partial charge in [0.2, 0.25) is 0 Å². The zero-order valence-corrected chi connectivity index (χ0v) is 14.9. The van der Waals surface area contributed by atoms with Gasteiger partial charge < -0.3 is 0 Å². The van der Waals surface area contributed by atoms with Crippen LogP contribution in [0, 0.1) is 11.6 Å². The minimum atomic E-state index is -0.929. The first-order valence-electron chi connectivity index (χ1n) is 7.52. The summed E-state index contributed by atoms with van der Waals surface area (Å²) in [5.74, 6) is -1.22. The van der Waals surface area contributed by atoms with Gasteiger partial charge in [0.25, 0.3) is 5.91 Å². The van der Waals surface area contributed by atoms with E-state index >= 15 is 0 Å². The Hall–Kier alpha value is -2.25.